The molecule has 6 nitrogen and oxygen atoms in total. The third-order valence-electron chi connectivity index (χ3n) is 9.95. The molecule has 0 aromatic heterocycles. The zero-order valence-electron chi connectivity index (χ0n) is 22.3. The highest BCUT2D eigenvalue weighted by molar-refractivity contribution is 4.97. The molecule has 5 aliphatic rings. The van der Waals surface area contributed by atoms with Crippen LogP contribution in [0.4, 0.5) is 0 Å². The Morgan fingerprint density at radius 3 is 1.89 bits per heavy atom. The molecule has 6 heteroatoms. The lowest BCUT2D eigenvalue weighted by atomic mass is 9.82. The molecule has 2 N–H and O–H groups in total. The van der Waals surface area contributed by atoms with E-state index < -0.39 is 11.2 Å². The first-order valence-corrected chi connectivity index (χ1v) is 15.2. The fourth-order valence-corrected chi connectivity index (χ4v) is 7.88. The van der Waals surface area contributed by atoms with Crippen LogP contribution in [0.15, 0.2) is 0 Å². The minimum absolute atomic E-state index is 0.0995. The van der Waals surface area contributed by atoms with E-state index in [9.17, 15) is 10.2 Å². The molecule has 0 amide bonds. The smallest absolute Gasteiger partial charge is 0.140 e. The average Bonchev–Trinajstić information content (AvgIpc) is 2.84. The van der Waals surface area contributed by atoms with Crippen molar-refractivity contribution in [2.45, 2.75) is 152 Å². The molecule has 0 aromatic rings. The molecule has 202 valence electrons. The van der Waals surface area contributed by atoms with Crippen molar-refractivity contribution >= 4 is 0 Å². The Bertz CT molecular complexity index is 679. The summed E-state index contributed by atoms with van der Waals surface area (Å²) in [5, 5.41) is 23.3. The highest BCUT2D eigenvalue weighted by atomic mass is 16.5. The molecule has 5 aliphatic heterocycles. The summed E-state index contributed by atoms with van der Waals surface area (Å²) in [4.78, 5) is 4.85. The van der Waals surface area contributed by atoms with Crippen LogP contribution in [0.5, 0.6) is 0 Å². The van der Waals surface area contributed by atoms with Gasteiger partial charge in [0, 0.05) is 26.2 Å². The Morgan fingerprint density at radius 2 is 1.17 bits per heavy atom. The number of piperidine rings is 2. The molecule has 0 radical (unpaired) electrons. The summed E-state index contributed by atoms with van der Waals surface area (Å²) in [6, 6.07) is 0. The fourth-order valence-electron chi connectivity index (χ4n) is 7.88. The van der Waals surface area contributed by atoms with Crippen molar-refractivity contribution in [2.75, 3.05) is 26.2 Å². The Hall–Kier alpha value is -0.240. The molecule has 0 aliphatic carbocycles. The number of nitrogens with zero attached hydrogens (tertiary/aromatic N) is 2. The monoisotopic (exact) mass is 492 g/mol. The van der Waals surface area contributed by atoms with Crippen LogP contribution in [0.3, 0.4) is 0 Å². The SMILES string of the molecule is C[C@H]1CN2CCC[C@]3(O)CCCCCC[C@@H]4CCN5CCC[C@](O)(CCCCCC[C@H]1O[C@H]23)[C@@H]5O4. The second kappa shape index (κ2) is 11.7. The molecule has 0 aromatic carbocycles. The third kappa shape index (κ3) is 6.09. The molecule has 5 rings (SSSR count). The van der Waals surface area contributed by atoms with E-state index in [0.29, 0.717) is 5.92 Å². The van der Waals surface area contributed by atoms with Crippen LogP contribution < -0.4 is 0 Å². The Balaban J connectivity index is 1.23. The number of hydrogen-bond donors (Lipinski definition) is 2. The number of rotatable bonds is 0. The van der Waals surface area contributed by atoms with Crippen molar-refractivity contribution in [3.05, 3.63) is 0 Å². The first kappa shape index (κ1) is 26.4. The van der Waals surface area contributed by atoms with Gasteiger partial charge in [0.25, 0.3) is 0 Å². The van der Waals surface area contributed by atoms with E-state index in [4.69, 9.17) is 9.47 Å². The van der Waals surface area contributed by atoms with Gasteiger partial charge in [-0.3, -0.25) is 9.80 Å². The summed E-state index contributed by atoms with van der Waals surface area (Å²) >= 11 is 0. The quantitative estimate of drug-likeness (QED) is 0.506. The predicted octanol–water partition coefficient (Wildman–Crippen LogP) is 4.81. The minimum Gasteiger partial charge on any atom is -0.386 e. The maximum absolute atomic E-state index is 11.7. The number of ether oxygens (including phenoxy) is 2. The van der Waals surface area contributed by atoms with Gasteiger partial charge in [-0.25, -0.2) is 0 Å². The van der Waals surface area contributed by atoms with Gasteiger partial charge in [-0.1, -0.05) is 58.3 Å². The Morgan fingerprint density at radius 1 is 0.600 bits per heavy atom. The van der Waals surface area contributed by atoms with E-state index in [2.05, 4.69) is 16.7 Å². The maximum Gasteiger partial charge on any atom is 0.140 e. The Labute approximate surface area is 213 Å². The summed E-state index contributed by atoms with van der Waals surface area (Å²) in [6.45, 7) is 6.59. The van der Waals surface area contributed by atoms with Crippen molar-refractivity contribution in [1.29, 1.82) is 0 Å². The summed E-state index contributed by atoms with van der Waals surface area (Å²) in [5.41, 5.74) is -1.35. The topological polar surface area (TPSA) is 65.4 Å². The summed E-state index contributed by atoms with van der Waals surface area (Å²) in [7, 11) is 0. The largest absolute Gasteiger partial charge is 0.386 e. The van der Waals surface area contributed by atoms with Crippen LogP contribution in [0.2, 0.25) is 0 Å². The molecule has 7 atom stereocenters. The zero-order chi connectivity index (χ0) is 24.3. The molecule has 0 unspecified atom stereocenters. The molecule has 0 spiro atoms. The van der Waals surface area contributed by atoms with Gasteiger partial charge in [0.1, 0.15) is 23.7 Å². The highest BCUT2D eigenvalue weighted by Gasteiger charge is 2.49. The minimum atomic E-state index is -0.682. The summed E-state index contributed by atoms with van der Waals surface area (Å²) in [5.74, 6) is 0.525. The average molecular weight is 493 g/mol. The van der Waals surface area contributed by atoms with Crippen LogP contribution in [-0.2, 0) is 9.47 Å². The second-order valence-corrected chi connectivity index (χ2v) is 12.8. The van der Waals surface area contributed by atoms with Crippen molar-refractivity contribution in [3.8, 4) is 0 Å². The maximum atomic E-state index is 11.7. The molecule has 5 saturated heterocycles. The van der Waals surface area contributed by atoms with E-state index in [-0.39, 0.29) is 24.7 Å². The molecule has 0 saturated carbocycles. The van der Waals surface area contributed by atoms with Gasteiger partial charge in [-0.05, 0) is 63.7 Å². The number of hydrogen-bond acceptors (Lipinski definition) is 6. The van der Waals surface area contributed by atoms with Gasteiger partial charge in [-0.2, -0.15) is 0 Å². The van der Waals surface area contributed by atoms with E-state index in [0.717, 1.165) is 96.8 Å². The summed E-state index contributed by atoms with van der Waals surface area (Å²) in [6.07, 6.45) is 18.5. The second-order valence-electron chi connectivity index (χ2n) is 12.8. The number of aliphatic hydroxyl groups is 2. The molecular formula is C29H52N2O4. The lowest BCUT2D eigenvalue weighted by Gasteiger charge is -2.52. The van der Waals surface area contributed by atoms with Crippen molar-refractivity contribution in [1.82, 2.24) is 9.80 Å². The van der Waals surface area contributed by atoms with E-state index in [1.54, 1.807) is 0 Å². The number of fused-ring (bicyclic) bond motifs is 2. The lowest BCUT2D eigenvalue weighted by molar-refractivity contribution is -0.258. The van der Waals surface area contributed by atoms with Gasteiger partial charge in [-0.15, -0.1) is 0 Å². The van der Waals surface area contributed by atoms with Gasteiger partial charge in [0.15, 0.2) is 0 Å². The summed E-state index contributed by atoms with van der Waals surface area (Å²) < 4.78 is 13.3. The standard InChI is InChI=1S/C29H52N2O4/c1-23-22-31-20-11-18-29(33)16-8-4-2-6-12-24-14-21-30-19-10-17-28(32,26(30)34-24)15-9-5-3-7-13-25(23)35-27(29)31/h23-27,32-33H,2-22H2,1H3/t23-,24+,25+,26-,27-,28+,29+/m0/s1. The molecule has 5 fully saturated rings. The Kier molecular flexibility index (Phi) is 8.78. The van der Waals surface area contributed by atoms with Crippen molar-refractivity contribution in [3.63, 3.8) is 0 Å². The highest BCUT2D eigenvalue weighted by Crippen LogP contribution is 2.40. The van der Waals surface area contributed by atoms with Crippen molar-refractivity contribution < 1.29 is 19.7 Å². The molecular weight excluding hydrogens is 440 g/mol. The van der Waals surface area contributed by atoms with Crippen LogP contribution >= 0.6 is 0 Å². The van der Waals surface area contributed by atoms with E-state index >= 15 is 0 Å². The predicted molar refractivity (Wildman–Crippen MR) is 138 cm³/mol. The van der Waals surface area contributed by atoms with Gasteiger partial charge in [0.05, 0.1) is 12.2 Å². The van der Waals surface area contributed by atoms with Crippen LogP contribution in [0.1, 0.15) is 116 Å². The molecule has 35 heavy (non-hydrogen) atoms. The van der Waals surface area contributed by atoms with E-state index in [1.165, 1.54) is 38.5 Å². The third-order valence-corrected chi connectivity index (χ3v) is 9.95. The fraction of sp³-hybridized carbons (Fsp3) is 1.00. The van der Waals surface area contributed by atoms with Crippen LogP contribution in [0, 0.1) is 5.92 Å². The van der Waals surface area contributed by atoms with Crippen LogP contribution in [0.25, 0.3) is 0 Å². The lowest BCUT2D eigenvalue weighted by Crippen LogP contribution is -2.63. The van der Waals surface area contributed by atoms with Crippen LogP contribution in [-0.4, -0.2) is 82.1 Å². The normalized spacial score (nSPS) is 45.5. The van der Waals surface area contributed by atoms with Crippen molar-refractivity contribution in [2.24, 2.45) is 5.92 Å². The van der Waals surface area contributed by atoms with Gasteiger partial charge >= 0.3 is 0 Å². The molecule has 4 bridgehead atoms. The van der Waals surface area contributed by atoms with Gasteiger partial charge in [0.2, 0.25) is 0 Å². The molecule has 5 heterocycles. The van der Waals surface area contributed by atoms with E-state index in [1.807, 2.05) is 0 Å². The first-order chi connectivity index (χ1) is 17.0. The first-order valence-electron chi connectivity index (χ1n) is 15.2. The zero-order valence-corrected chi connectivity index (χ0v) is 22.3. The van der Waals surface area contributed by atoms with Gasteiger partial charge < -0.3 is 19.7 Å².